The smallest absolute Gasteiger partial charge is 0.0860 e. The lowest BCUT2D eigenvalue weighted by Gasteiger charge is -2.35. The lowest BCUT2D eigenvalue weighted by atomic mass is 10.00. The summed E-state index contributed by atoms with van der Waals surface area (Å²) in [7, 11) is 0. The van der Waals surface area contributed by atoms with E-state index in [0.717, 1.165) is 25.6 Å². The molecule has 0 bridgehead atoms. The van der Waals surface area contributed by atoms with E-state index in [-0.39, 0.29) is 5.60 Å². The van der Waals surface area contributed by atoms with Gasteiger partial charge in [-0.25, -0.2) is 0 Å². The molecule has 2 unspecified atom stereocenters. The highest BCUT2D eigenvalue weighted by molar-refractivity contribution is 4.75. The third kappa shape index (κ3) is 3.65. The fraction of sp³-hybridized carbons (Fsp3) is 1.00. The Kier molecular flexibility index (Phi) is 3.74. The molecule has 0 spiro atoms. The Morgan fingerprint density at radius 3 is 2.62 bits per heavy atom. The van der Waals surface area contributed by atoms with Gasteiger partial charge in [0.25, 0.3) is 0 Å². The normalized spacial score (nSPS) is 30.0. The van der Waals surface area contributed by atoms with Crippen LogP contribution in [0.1, 0.15) is 40.5 Å². The van der Waals surface area contributed by atoms with Crippen LogP contribution in [0.25, 0.3) is 0 Å². The molecule has 13 heavy (non-hydrogen) atoms. The molecule has 1 heterocycles. The van der Waals surface area contributed by atoms with Crippen molar-refractivity contribution in [3.63, 3.8) is 0 Å². The summed E-state index contributed by atoms with van der Waals surface area (Å²) in [6.07, 6.45) is 2.68. The van der Waals surface area contributed by atoms with Crippen LogP contribution in [-0.4, -0.2) is 24.9 Å². The summed E-state index contributed by atoms with van der Waals surface area (Å²) in [5, 5.41) is 0. The van der Waals surface area contributed by atoms with E-state index in [9.17, 15) is 0 Å². The Morgan fingerprint density at radius 1 is 1.46 bits per heavy atom. The van der Waals surface area contributed by atoms with Crippen LogP contribution in [0.15, 0.2) is 0 Å². The Bertz CT molecular complexity index is 144. The lowest BCUT2D eigenvalue weighted by Crippen LogP contribution is -2.42. The number of hydrogen-bond acceptors (Lipinski definition) is 2. The maximum Gasteiger partial charge on any atom is 0.0860 e. The molecule has 0 aromatic rings. The molecule has 2 atom stereocenters. The average Bonchev–Trinajstić information content (AvgIpc) is 2.08. The molecular weight excluding hydrogens is 164 g/mol. The van der Waals surface area contributed by atoms with Gasteiger partial charge < -0.3 is 9.47 Å². The van der Waals surface area contributed by atoms with Crippen LogP contribution in [0, 0.1) is 5.92 Å². The number of rotatable bonds is 3. The molecule has 1 aliphatic heterocycles. The first-order valence-corrected chi connectivity index (χ1v) is 5.29. The fourth-order valence-corrected chi connectivity index (χ4v) is 1.48. The molecule has 2 nitrogen and oxygen atoms in total. The molecule has 1 saturated heterocycles. The van der Waals surface area contributed by atoms with Gasteiger partial charge in [-0.1, -0.05) is 20.3 Å². The van der Waals surface area contributed by atoms with Crippen LogP contribution in [0.2, 0.25) is 0 Å². The van der Waals surface area contributed by atoms with Gasteiger partial charge in [-0.05, 0) is 26.2 Å². The number of hydrogen-bond donors (Lipinski definition) is 0. The second-order valence-electron chi connectivity index (χ2n) is 4.75. The third-order valence-corrected chi connectivity index (χ3v) is 2.69. The van der Waals surface area contributed by atoms with Crippen LogP contribution in [-0.2, 0) is 9.47 Å². The average molecular weight is 186 g/mol. The van der Waals surface area contributed by atoms with Crippen molar-refractivity contribution in [1.82, 2.24) is 0 Å². The van der Waals surface area contributed by atoms with Gasteiger partial charge >= 0.3 is 0 Å². The van der Waals surface area contributed by atoms with E-state index in [2.05, 4.69) is 27.7 Å². The molecule has 0 saturated carbocycles. The van der Waals surface area contributed by atoms with Crippen LogP contribution in [0.3, 0.4) is 0 Å². The maximum absolute atomic E-state index is 5.74. The van der Waals surface area contributed by atoms with Crippen molar-refractivity contribution in [3.05, 3.63) is 0 Å². The fourth-order valence-electron chi connectivity index (χ4n) is 1.48. The minimum atomic E-state index is -0.0774. The Labute approximate surface area is 81.6 Å². The predicted octanol–water partition coefficient (Wildman–Crippen LogP) is 2.62. The SMILES string of the molecule is CCC(C)CC1COC(C)(C)CO1. The second kappa shape index (κ2) is 4.43. The first kappa shape index (κ1) is 11.0. The van der Waals surface area contributed by atoms with Crippen LogP contribution >= 0.6 is 0 Å². The summed E-state index contributed by atoms with van der Waals surface area (Å²) in [4.78, 5) is 0. The highest BCUT2D eigenvalue weighted by atomic mass is 16.6. The highest BCUT2D eigenvalue weighted by Gasteiger charge is 2.28. The van der Waals surface area contributed by atoms with E-state index < -0.39 is 0 Å². The number of ether oxygens (including phenoxy) is 2. The standard InChI is InChI=1S/C11H22O2/c1-5-9(2)6-10-7-13-11(3,4)8-12-10/h9-10H,5-8H2,1-4H3. The van der Waals surface area contributed by atoms with Gasteiger partial charge in [0.05, 0.1) is 24.9 Å². The lowest BCUT2D eigenvalue weighted by molar-refractivity contribution is -0.178. The van der Waals surface area contributed by atoms with Crippen molar-refractivity contribution in [2.45, 2.75) is 52.2 Å². The molecule has 0 aliphatic carbocycles. The van der Waals surface area contributed by atoms with E-state index in [0.29, 0.717) is 6.10 Å². The summed E-state index contributed by atoms with van der Waals surface area (Å²) in [6, 6.07) is 0. The van der Waals surface area contributed by atoms with Gasteiger partial charge in [0.15, 0.2) is 0 Å². The van der Waals surface area contributed by atoms with Crippen molar-refractivity contribution < 1.29 is 9.47 Å². The Morgan fingerprint density at radius 2 is 2.15 bits per heavy atom. The van der Waals surface area contributed by atoms with E-state index in [1.807, 2.05) is 0 Å². The zero-order chi connectivity index (χ0) is 9.90. The zero-order valence-corrected chi connectivity index (χ0v) is 9.30. The van der Waals surface area contributed by atoms with Gasteiger partial charge in [-0.3, -0.25) is 0 Å². The zero-order valence-electron chi connectivity index (χ0n) is 9.30. The van der Waals surface area contributed by atoms with E-state index >= 15 is 0 Å². The van der Waals surface area contributed by atoms with E-state index in [4.69, 9.17) is 9.47 Å². The molecule has 0 aromatic heterocycles. The van der Waals surface area contributed by atoms with Gasteiger partial charge in [0.1, 0.15) is 0 Å². The summed E-state index contributed by atoms with van der Waals surface area (Å²) >= 11 is 0. The Balaban J connectivity index is 2.25. The molecule has 1 fully saturated rings. The van der Waals surface area contributed by atoms with Gasteiger partial charge in [0.2, 0.25) is 0 Å². The summed E-state index contributed by atoms with van der Waals surface area (Å²) in [5.74, 6) is 0.745. The summed E-state index contributed by atoms with van der Waals surface area (Å²) in [6.45, 7) is 10.1. The monoisotopic (exact) mass is 186 g/mol. The van der Waals surface area contributed by atoms with Crippen molar-refractivity contribution in [1.29, 1.82) is 0 Å². The van der Waals surface area contributed by atoms with E-state index in [1.54, 1.807) is 0 Å². The molecule has 1 rings (SSSR count). The van der Waals surface area contributed by atoms with Crippen molar-refractivity contribution in [2.24, 2.45) is 5.92 Å². The first-order chi connectivity index (χ1) is 6.03. The third-order valence-electron chi connectivity index (χ3n) is 2.69. The molecule has 2 heteroatoms. The minimum Gasteiger partial charge on any atom is -0.373 e. The second-order valence-corrected chi connectivity index (χ2v) is 4.75. The van der Waals surface area contributed by atoms with Crippen LogP contribution < -0.4 is 0 Å². The Hall–Kier alpha value is -0.0800. The summed E-state index contributed by atoms with van der Waals surface area (Å²) in [5.41, 5.74) is -0.0774. The van der Waals surface area contributed by atoms with Crippen molar-refractivity contribution in [2.75, 3.05) is 13.2 Å². The van der Waals surface area contributed by atoms with Crippen LogP contribution in [0.4, 0.5) is 0 Å². The van der Waals surface area contributed by atoms with Gasteiger partial charge in [0, 0.05) is 0 Å². The molecule has 1 aliphatic rings. The summed E-state index contributed by atoms with van der Waals surface area (Å²) < 4.78 is 11.4. The quantitative estimate of drug-likeness (QED) is 0.674. The topological polar surface area (TPSA) is 18.5 Å². The molecular formula is C11H22O2. The molecule has 0 N–H and O–H groups in total. The molecule has 78 valence electrons. The highest BCUT2D eigenvalue weighted by Crippen LogP contribution is 2.22. The predicted molar refractivity (Wildman–Crippen MR) is 53.8 cm³/mol. The van der Waals surface area contributed by atoms with Crippen molar-refractivity contribution in [3.8, 4) is 0 Å². The molecule has 0 radical (unpaired) electrons. The maximum atomic E-state index is 5.74. The van der Waals surface area contributed by atoms with E-state index in [1.165, 1.54) is 6.42 Å². The van der Waals surface area contributed by atoms with Gasteiger partial charge in [-0.2, -0.15) is 0 Å². The first-order valence-electron chi connectivity index (χ1n) is 5.29. The molecule has 0 aromatic carbocycles. The van der Waals surface area contributed by atoms with Gasteiger partial charge in [-0.15, -0.1) is 0 Å². The molecule has 0 amide bonds. The van der Waals surface area contributed by atoms with Crippen molar-refractivity contribution >= 4 is 0 Å². The largest absolute Gasteiger partial charge is 0.373 e. The van der Waals surface area contributed by atoms with Crippen LogP contribution in [0.5, 0.6) is 0 Å². The minimum absolute atomic E-state index is 0.0774.